The van der Waals surface area contributed by atoms with Gasteiger partial charge in [0.2, 0.25) is 0 Å². The second-order valence-corrected chi connectivity index (χ2v) is 3.60. The van der Waals surface area contributed by atoms with E-state index >= 15 is 0 Å². The minimum absolute atomic E-state index is 0.611. The number of nitrogens with zero attached hydrogens (tertiary/aromatic N) is 1. The normalized spacial score (nSPS) is 10.4. The lowest BCUT2D eigenvalue weighted by molar-refractivity contribution is 0.417. The van der Waals surface area contributed by atoms with E-state index in [1.165, 1.54) is 0 Å². The molecule has 4 heteroatoms. The van der Waals surface area contributed by atoms with Crippen LogP contribution in [0.25, 0.3) is 11.3 Å². The zero-order valence-corrected chi connectivity index (χ0v) is 9.57. The maximum Gasteiger partial charge on any atom is 0.192 e. The van der Waals surface area contributed by atoms with Crippen LogP contribution in [0.1, 0.15) is 11.6 Å². The first kappa shape index (κ1) is 10.5. The summed E-state index contributed by atoms with van der Waals surface area (Å²) in [6.07, 6.45) is 0. The molecule has 2 N–H and O–H groups in total. The molecule has 1 aromatic carbocycles. The molecule has 4 nitrogen and oxygen atoms in total. The fourth-order valence-electron chi connectivity index (χ4n) is 1.65. The molecule has 0 radical (unpaired) electrons. The van der Waals surface area contributed by atoms with Crippen LogP contribution >= 0.6 is 0 Å². The third kappa shape index (κ3) is 1.74. The Balaban J connectivity index is 2.52. The van der Waals surface area contributed by atoms with Crippen molar-refractivity contribution in [3.63, 3.8) is 0 Å². The van der Waals surface area contributed by atoms with Crippen LogP contribution in [0, 0.1) is 13.8 Å². The SMILES string of the molecule is COc1cc(-c2oc(C)nc2C)ccc1N. The third-order valence-electron chi connectivity index (χ3n) is 2.40. The molecule has 2 rings (SSSR count). The maximum absolute atomic E-state index is 5.75. The van der Waals surface area contributed by atoms with Crippen LogP contribution in [-0.4, -0.2) is 12.1 Å². The number of rotatable bonds is 2. The van der Waals surface area contributed by atoms with Gasteiger partial charge in [-0.1, -0.05) is 0 Å². The van der Waals surface area contributed by atoms with Crippen LogP contribution in [0.5, 0.6) is 5.75 Å². The summed E-state index contributed by atoms with van der Waals surface area (Å²) in [7, 11) is 1.59. The van der Waals surface area contributed by atoms with Crippen LogP contribution in [0.15, 0.2) is 22.6 Å². The molecule has 0 aliphatic heterocycles. The van der Waals surface area contributed by atoms with Gasteiger partial charge in [0.25, 0.3) is 0 Å². The van der Waals surface area contributed by atoms with Crippen LogP contribution < -0.4 is 10.5 Å². The second-order valence-electron chi connectivity index (χ2n) is 3.60. The average Bonchev–Trinajstić information content (AvgIpc) is 2.59. The number of aromatic nitrogens is 1. The number of aryl methyl sites for hydroxylation is 2. The smallest absolute Gasteiger partial charge is 0.192 e. The minimum atomic E-state index is 0.611. The molecular formula is C12H14N2O2. The van der Waals surface area contributed by atoms with E-state index in [0.717, 1.165) is 17.0 Å². The first-order valence-electron chi connectivity index (χ1n) is 4.99. The summed E-state index contributed by atoms with van der Waals surface area (Å²) in [6, 6.07) is 5.54. The van der Waals surface area contributed by atoms with E-state index in [4.69, 9.17) is 14.9 Å². The van der Waals surface area contributed by atoms with Gasteiger partial charge < -0.3 is 14.9 Å². The predicted molar refractivity (Wildman–Crippen MR) is 62.4 cm³/mol. The lowest BCUT2D eigenvalue weighted by Crippen LogP contribution is -1.92. The van der Waals surface area contributed by atoms with Gasteiger partial charge in [-0.25, -0.2) is 4.98 Å². The lowest BCUT2D eigenvalue weighted by atomic mass is 10.1. The number of ether oxygens (including phenoxy) is 1. The number of benzene rings is 1. The molecule has 0 fully saturated rings. The number of anilines is 1. The van der Waals surface area contributed by atoms with E-state index in [2.05, 4.69) is 4.98 Å². The number of methoxy groups -OCH3 is 1. The van der Waals surface area contributed by atoms with Gasteiger partial charge in [-0.15, -0.1) is 0 Å². The second kappa shape index (κ2) is 3.89. The highest BCUT2D eigenvalue weighted by Gasteiger charge is 2.11. The number of hydrogen-bond acceptors (Lipinski definition) is 4. The summed E-state index contributed by atoms with van der Waals surface area (Å²) in [5, 5.41) is 0. The van der Waals surface area contributed by atoms with Gasteiger partial charge in [-0.2, -0.15) is 0 Å². The Labute approximate surface area is 94.1 Å². The van der Waals surface area contributed by atoms with Gasteiger partial charge >= 0.3 is 0 Å². The van der Waals surface area contributed by atoms with Crippen LogP contribution in [0.2, 0.25) is 0 Å². The molecule has 16 heavy (non-hydrogen) atoms. The number of hydrogen-bond donors (Lipinski definition) is 1. The lowest BCUT2D eigenvalue weighted by Gasteiger charge is -2.05. The Kier molecular flexibility index (Phi) is 2.56. The summed E-state index contributed by atoms with van der Waals surface area (Å²) in [5.74, 6) is 2.06. The zero-order chi connectivity index (χ0) is 11.7. The monoisotopic (exact) mass is 218 g/mol. The Bertz CT molecular complexity index is 518. The number of oxazole rings is 1. The fourth-order valence-corrected chi connectivity index (χ4v) is 1.65. The highest BCUT2D eigenvalue weighted by atomic mass is 16.5. The molecule has 2 aromatic rings. The van der Waals surface area contributed by atoms with E-state index in [0.29, 0.717) is 17.3 Å². The highest BCUT2D eigenvalue weighted by Crippen LogP contribution is 2.30. The van der Waals surface area contributed by atoms with Gasteiger partial charge in [0.1, 0.15) is 5.75 Å². The molecule has 1 heterocycles. The van der Waals surface area contributed by atoms with Gasteiger partial charge in [-0.05, 0) is 25.1 Å². The average molecular weight is 218 g/mol. The van der Waals surface area contributed by atoms with Crippen molar-refractivity contribution in [2.75, 3.05) is 12.8 Å². The molecule has 0 amide bonds. The predicted octanol–water partition coefficient (Wildman–Crippen LogP) is 2.55. The van der Waals surface area contributed by atoms with Crippen molar-refractivity contribution < 1.29 is 9.15 Å². The maximum atomic E-state index is 5.75. The first-order valence-corrected chi connectivity index (χ1v) is 4.99. The van der Waals surface area contributed by atoms with Crippen molar-refractivity contribution in [2.45, 2.75) is 13.8 Å². The Morgan fingerprint density at radius 1 is 1.31 bits per heavy atom. The molecule has 0 saturated heterocycles. The molecule has 0 spiro atoms. The molecular weight excluding hydrogens is 204 g/mol. The highest BCUT2D eigenvalue weighted by molar-refractivity contribution is 5.67. The number of nitrogens with two attached hydrogens (primary N) is 1. The number of nitrogen functional groups attached to an aromatic ring is 1. The molecule has 0 atom stereocenters. The van der Waals surface area contributed by atoms with E-state index < -0.39 is 0 Å². The third-order valence-corrected chi connectivity index (χ3v) is 2.40. The first-order chi connectivity index (χ1) is 7.61. The topological polar surface area (TPSA) is 61.3 Å². The van der Waals surface area contributed by atoms with Crippen molar-refractivity contribution in [1.82, 2.24) is 4.98 Å². The minimum Gasteiger partial charge on any atom is -0.495 e. The zero-order valence-electron chi connectivity index (χ0n) is 9.57. The largest absolute Gasteiger partial charge is 0.495 e. The van der Waals surface area contributed by atoms with Crippen molar-refractivity contribution in [2.24, 2.45) is 0 Å². The van der Waals surface area contributed by atoms with Gasteiger partial charge in [0.15, 0.2) is 11.7 Å². The van der Waals surface area contributed by atoms with E-state index in [1.54, 1.807) is 13.2 Å². The Morgan fingerprint density at radius 3 is 2.62 bits per heavy atom. The standard InChI is InChI=1S/C12H14N2O2/c1-7-12(16-8(2)14-7)9-4-5-10(13)11(6-9)15-3/h4-6H,13H2,1-3H3. The molecule has 1 aromatic heterocycles. The Hall–Kier alpha value is -1.97. The van der Waals surface area contributed by atoms with Crippen molar-refractivity contribution in [1.29, 1.82) is 0 Å². The summed E-state index contributed by atoms with van der Waals surface area (Å²) >= 11 is 0. The van der Waals surface area contributed by atoms with E-state index in [9.17, 15) is 0 Å². The molecule has 0 aliphatic carbocycles. The summed E-state index contributed by atoms with van der Waals surface area (Å²) in [6.45, 7) is 3.74. The van der Waals surface area contributed by atoms with E-state index in [-0.39, 0.29) is 0 Å². The van der Waals surface area contributed by atoms with Crippen LogP contribution in [0.4, 0.5) is 5.69 Å². The van der Waals surface area contributed by atoms with Gasteiger partial charge in [0.05, 0.1) is 18.5 Å². The summed E-state index contributed by atoms with van der Waals surface area (Å²) < 4.78 is 10.7. The fraction of sp³-hybridized carbons (Fsp3) is 0.250. The van der Waals surface area contributed by atoms with Crippen molar-refractivity contribution >= 4 is 5.69 Å². The van der Waals surface area contributed by atoms with Crippen molar-refractivity contribution in [3.05, 3.63) is 29.8 Å². The van der Waals surface area contributed by atoms with Gasteiger partial charge in [-0.3, -0.25) is 0 Å². The Morgan fingerprint density at radius 2 is 2.06 bits per heavy atom. The quantitative estimate of drug-likeness (QED) is 0.787. The van der Waals surface area contributed by atoms with Crippen molar-refractivity contribution in [3.8, 4) is 17.1 Å². The molecule has 0 saturated carbocycles. The summed E-state index contributed by atoms with van der Waals surface area (Å²) in [5.41, 5.74) is 8.15. The molecule has 84 valence electrons. The molecule has 0 unspecified atom stereocenters. The summed E-state index contributed by atoms with van der Waals surface area (Å²) in [4.78, 5) is 4.23. The van der Waals surface area contributed by atoms with Crippen LogP contribution in [-0.2, 0) is 0 Å². The molecule has 0 bridgehead atoms. The van der Waals surface area contributed by atoms with Gasteiger partial charge in [0, 0.05) is 12.5 Å². The van der Waals surface area contributed by atoms with E-state index in [1.807, 2.05) is 26.0 Å². The van der Waals surface area contributed by atoms with Crippen LogP contribution in [0.3, 0.4) is 0 Å². The molecule has 0 aliphatic rings.